The Morgan fingerprint density at radius 3 is 3.06 bits per heavy atom. The molecule has 18 heavy (non-hydrogen) atoms. The second kappa shape index (κ2) is 5.87. The average Bonchev–Trinajstić information content (AvgIpc) is 2.90. The summed E-state index contributed by atoms with van der Waals surface area (Å²) in [5, 5.41) is 16.7. The number of nitrogens with one attached hydrogen (secondary N) is 2. The summed E-state index contributed by atoms with van der Waals surface area (Å²) in [4.78, 5) is 11.6. The minimum absolute atomic E-state index is 0.0294. The maximum Gasteiger partial charge on any atom is 0.225 e. The van der Waals surface area contributed by atoms with Crippen LogP contribution in [0.1, 0.15) is 6.42 Å². The minimum Gasteiger partial charge on any atom is -0.326 e. The van der Waals surface area contributed by atoms with Gasteiger partial charge in [-0.1, -0.05) is 6.07 Å². The van der Waals surface area contributed by atoms with E-state index in [1.807, 2.05) is 31.3 Å². The number of benzene rings is 1. The van der Waals surface area contributed by atoms with Crippen molar-refractivity contribution in [1.29, 1.82) is 0 Å². The van der Waals surface area contributed by atoms with Gasteiger partial charge in [0.05, 0.1) is 5.69 Å². The van der Waals surface area contributed by atoms with Gasteiger partial charge in [-0.05, 0) is 35.7 Å². The lowest BCUT2D eigenvalue weighted by Gasteiger charge is -2.06. The lowest BCUT2D eigenvalue weighted by atomic mass is 10.2. The normalized spacial score (nSPS) is 10.3. The third kappa shape index (κ3) is 3.11. The Morgan fingerprint density at radius 1 is 1.44 bits per heavy atom. The van der Waals surface area contributed by atoms with Gasteiger partial charge >= 0.3 is 0 Å². The monoisotopic (exact) mass is 246 g/mol. The van der Waals surface area contributed by atoms with Gasteiger partial charge in [0.1, 0.15) is 6.33 Å². The predicted octanol–water partition coefficient (Wildman–Crippen LogP) is 0.210. The number of hydrogen-bond donors (Lipinski definition) is 2. The minimum atomic E-state index is -0.0294. The molecule has 0 radical (unpaired) electrons. The fourth-order valence-electron chi connectivity index (χ4n) is 1.47. The molecule has 0 atom stereocenters. The van der Waals surface area contributed by atoms with Gasteiger partial charge in [0.2, 0.25) is 5.91 Å². The van der Waals surface area contributed by atoms with Crippen molar-refractivity contribution >= 4 is 11.6 Å². The van der Waals surface area contributed by atoms with Crippen LogP contribution >= 0.6 is 0 Å². The first-order valence-corrected chi connectivity index (χ1v) is 5.57. The van der Waals surface area contributed by atoms with Crippen LogP contribution in [0.25, 0.3) is 5.69 Å². The Bertz CT molecular complexity index is 510. The highest BCUT2D eigenvalue weighted by molar-refractivity contribution is 5.91. The van der Waals surface area contributed by atoms with Gasteiger partial charge in [-0.25, -0.2) is 4.68 Å². The van der Waals surface area contributed by atoms with E-state index in [1.165, 1.54) is 11.0 Å². The second-order valence-corrected chi connectivity index (χ2v) is 3.71. The summed E-state index contributed by atoms with van der Waals surface area (Å²) in [5.74, 6) is -0.0294. The van der Waals surface area contributed by atoms with Crippen molar-refractivity contribution in [2.45, 2.75) is 6.42 Å². The summed E-state index contributed by atoms with van der Waals surface area (Å²) in [6.07, 6.45) is 1.94. The van der Waals surface area contributed by atoms with Gasteiger partial charge in [-0.3, -0.25) is 4.79 Å². The SMILES string of the molecule is CNCCC(=O)Nc1cccc(-n2cnnn2)c1. The van der Waals surface area contributed by atoms with Crippen LogP contribution in [0.3, 0.4) is 0 Å². The van der Waals surface area contributed by atoms with Crippen molar-refractivity contribution in [2.24, 2.45) is 0 Å². The summed E-state index contributed by atoms with van der Waals surface area (Å²) < 4.78 is 1.53. The molecule has 1 heterocycles. The van der Waals surface area contributed by atoms with Crippen LogP contribution in [0.5, 0.6) is 0 Å². The number of amides is 1. The molecule has 0 bridgehead atoms. The molecule has 0 aliphatic heterocycles. The summed E-state index contributed by atoms with van der Waals surface area (Å²) >= 11 is 0. The molecular formula is C11H14N6O. The van der Waals surface area contributed by atoms with E-state index in [2.05, 4.69) is 26.2 Å². The van der Waals surface area contributed by atoms with Gasteiger partial charge in [0, 0.05) is 18.7 Å². The van der Waals surface area contributed by atoms with Crippen LogP contribution in [0.4, 0.5) is 5.69 Å². The molecule has 7 nitrogen and oxygen atoms in total. The number of carbonyl (C=O) groups excluding carboxylic acids is 1. The number of hydrogen-bond acceptors (Lipinski definition) is 5. The Labute approximate surface area is 104 Å². The summed E-state index contributed by atoms with van der Waals surface area (Å²) in [6.45, 7) is 0.651. The lowest BCUT2D eigenvalue weighted by molar-refractivity contribution is -0.116. The molecular weight excluding hydrogens is 232 g/mol. The number of nitrogens with zero attached hydrogens (tertiary/aromatic N) is 4. The fourth-order valence-corrected chi connectivity index (χ4v) is 1.47. The molecule has 1 aromatic carbocycles. The van der Waals surface area contributed by atoms with E-state index >= 15 is 0 Å². The average molecular weight is 246 g/mol. The van der Waals surface area contributed by atoms with Crippen LogP contribution in [-0.2, 0) is 4.79 Å². The van der Waals surface area contributed by atoms with E-state index in [-0.39, 0.29) is 5.91 Å². The molecule has 0 fully saturated rings. The van der Waals surface area contributed by atoms with Gasteiger partial charge in [-0.15, -0.1) is 5.10 Å². The molecule has 2 aromatic rings. The van der Waals surface area contributed by atoms with Crippen molar-refractivity contribution in [3.8, 4) is 5.69 Å². The van der Waals surface area contributed by atoms with Gasteiger partial charge < -0.3 is 10.6 Å². The van der Waals surface area contributed by atoms with Crippen molar-refractivity contribution < 1.29 is 4.79 Å². The first-order valence-electron chi connectivity index (χ1n) is 5.57. The lowest BCUT2D eigenvalue weighted by Crippen LogP contribution is -2.18. The smallest absolute Gasteiger partial charge is 0.225 e. The number of rotatable bonds is 5. The quantitative estimate of drug-likeness (QED) is 0.787. The Balaban J connectivity index is 2.06. The van der Waals surface area contributed by atoms with Gasteiger partial charge in [-0.2, -0.15) is 0 Å². The largest absolute Gasteiger partial charge is 0.326 e. The predicted molar refractivity (Wildman–Crippen MR) is 66.3 cm³/mol. The molecule has 2 rings (SSSR count). The molecule has 7 heteroatoms. The molecule has 0 aliphatic rings. The molecule has 0 saturated heterocycles. The number of carbonyl (C=O) groups is 1. The van der Waals surface area contributed by atoms with Crippen LogP contribution in [0.15, 0.2) is 30.6 Å². The molecule has 94 valence electrons. The zero-order chi connectivity index (χ0) is 12.8. The standard InChI is InChI=1S/C11H14N6O/c1-12-6-5-11(18)14-9-3-2-4-10(7-9)17-8-13-15-16-17/h2-4,7-8,12H,5-6H2,1H3,(H,14,18). The summed E-state index contributed by atoms with van der Waals surface area (Å²) in [6, 6.07) is 7.34. The highest BCUT2D eigenvalue weighted by atomic mass is 16.1. The zero-order valence-electron chi connectivity index (χ0n) is 10.00. The topological polar surface area (TPSA) is 84.7 Å². The van der Waals surface area contributed by atoms with Crippen LogP contribution < -0.4 is 10.6 Å². The van der Waals surface area contributed by atoms with Crippen molar-refractivity contribution in [2.75, 3.05) is 18.9 Å². The summed E-state index contributed by atoms with van der Waals surface area (Å²) in [5.41, 5.74) is 1.52. The zero-order valence-corrected chi connectivity index (χ0v) is 10.00. The maximum absolute atomic E-state index is 11.6. The Kier molecular flexibility index (Phi) is 3.98. The van der Waals surface area contributed by atoms with E-state index in [4.69, 9.17) is 0 Å². The number of tetrazole rings is 1. The number of anilines is 1. The third-order valence-corrected chi connectivity index (χ3v) is 2.35. The molecule has 0 saturated carbocycles. The van der Waals surface area contributed by atoms with E-state index in [0.717, 1.165) is 11.4 Å². The Hall–Kier alpha value is -2.28. The fraction of sp³-hybridized carbons (Fsp3) is 0.273. The number of aromatic nitrogens is 4. The first kappa shape index (κ1) is 12.2. The second-order valence-electron chi connectivity index (χ2n) is 3.71. The highest BCUT2D eigenvalue weighted by Crippen LogP contribution is 2.13. The van der Waals surface area contributed by atoms with Crippen LogP contribution in [0, 0.1) is 0 Å². The van der Waals surface area contributed by atoms with E-state index in [1.54, 1.807) is 0 Å². The molecule has 1 amide bonds. The maximum atomic E-state index is 11.6. The van der Waals surface area contributed by atoms with Gasteiger partial charge in [0.15, 0.2) is 0 Å². The third-order valence-electron chi connectivity index (χ3n) is 2.35. The van der Waals surface area contributed by atoms with Gasteiger partial charge in [0.25, 0.3) is 0 Å². The van der Waals surface area contributed by atoms with Crippen LogP contribution in [-0.4, -0.2) is 39.7 Å². The Morgan fingerprint density at radius 2 is 2.33 bits per heavy atom. The van der Waals surface area contributed by atoms with Crippen molar-refractivity contribution in [1.82, 2.24) is 25.5 Å². The van der Waals surface area contributed by atoms with E-state index in [9.17, 15) is 4.79 Å². The molecule has 2 N–H and O–H groups in total. The molecule has 1 aromatic heterocycles. The van der Waals surface area contributed by atoms with E-state index < -0.39 is 0 Å². The van der Waals surface area contributed by atoms with Crippen LogP contribution in [0.2, 0.25) is 0 Å². The highest BCUT2D eigenvalue weighted by Gasteiger charge is 2.03. The molecule has 0 spiro atoms. The molecule has 0 unspecified atom stereocenters. The molecule has 0 aliphatic carbocycles. The summed E-state index contributed by atoms with van der Waals surface area (Å²) in [7, 11) is 1.81. The van der Waals surface area contributed by atoms with Crippen molar-refractivity contribution in [3.63, 3.8) is 0 Å². The van der Waals surface area contributed by atoms with E-state index in [0.29, 0.717) is 13.0 Å². The first-order chi connectivity index (χ1) is 8.79. The van der Waals surface area contributed by atoms with Crippen molar-refractivity contribution in [3.05, 3.63) is 30.6 Å².